The van der Waals surface area contributed by atoms with Crippen LogP contribution in [0.4, 0.5) is 0 Å². The second kappa shape index (κ2) is 5.54. The largest absolute Gasteiger partial charge is 0.383 e. The summed E-state index contributed by atoms with van der Waals surface area (Å²) in [4.78, 5) is 14.8. The molecule has 1 N–H and O–H groups in total. The van der Waals surface area contributed by atoms with Crippen molar-refractivity contribution in [2.75, 3.05) is 39.9 Å². The number of hydrogen-bond donors (Lipinski definition) is 1. The van der Waals surface area contributed by atoms with Gasteiger partial charge < -0.3 is 15.0 Å². The molecule has 0 unspecified atom stereocenters. The first-order valence-electron chi connectivity index (χ1n) is 7.32. The molecular weight excluding hydrogens is 252 g/mol. The molecule has 0 bridgehead atoms. The molecule has 2 aliphatic heterocycles. The van der Waals surface area contributed by atoms with Crippen LogP contribution in [0.3, 0.4) is 0 Å². The van der Waals surface area contributed by atoms with Gasteiger partial charge in [0.05, 0.1) is 12.0 Å². The van der Waals surface area contributed by atoms with Gasteiger partial charge in [0.15, 0.2) is 0 Å². The van der Waals surface area contributed by atoms with Gasteiger partial charge in [-0.25, -0.2) is 0 Å². The first-order valence-corrected chi connectivity index (χ1v) is 7.32. The van der Waals surface area contributed by atoms with Crippen molar-refractivity contribution in [1.82, 2.24) is 10.2 Å². The molecule has 2 saturated heterocycles. The van der Waals surface area contributed by atoms with Crippen LogP contribution >= 0.6 is 0 Å². The third kappa shape index (κ3) is 2.13. The monoisotopic (exact) mass is 274 g/mol. The van der Waals surface area contributed by atoms with Gasteiger partial charge in [0.2, 0.25) is 5.91 Å². The lowest BCUT2D eigenvalue weighted by Gasteiger charge is -2.29. The average Bonchev–Trinajstić information content (AvgIpc) is 3.05. The van der Waals surface area contributed by atoms with Crippen LogP contribution < -0.4 is 5.32 Å². The van der Waals surface area contributed by atoms with Gasteiger partial charge in [0, 0.05) is 39.2 Å². The van der Waals surface area contributed by atoms with Crippen molar-refractivity contribution in [2.45, 2.75) is 12.3 Å². The molecule has 0 radical (unpaired) electrons. The van der Waals surface area contributed by atoms with E-state index in [0.717, 1.165) is 26.1 Å². The van der Waals surface area contributed by atoms with E-state index in [9.17, 15) is 4.79 Å². The molecule has 20 heavy (non-hydrogen) atoms. The molecule has 4 nitrogen and oxygen atoms in total. The summed E-state index contributed by atoms with van der Waals surface area (Å²) in [5, 5.41) is 3.43. The minimum Gasteiger partial charge on any atom is -0.383 e. The van der Waals surface area contributed by atoms with E-state index in [4.69, 9.17) is 4.74 Å². The topological polar surface area (TPSA) is 41.6 Å². The van der Waals surface area contributed by atoms with Crippen molar-refractivity contribution >= 4 is 5.91 Å². The number of carbonyl (C=O) groups is 1. The van der Waals surface area contributed by atoms with Crippen molar-refractivity contribution < 1.29 is 9.53 Å². The fraction of sp³-hybridized carbons (Fsp3) is 0.562. The molecule has 4 heteroatoms. The van der Waals surface area contributed by atoms with Gasteiger partial charge in [-0.2, -0.15) is 0 Å². The summed E-state index contributed by atoms with van der Waals surface area (Å²) in [5.41, 5.74) is 1.04. The zero-order valence-electron chi connectivity index (χ0n) is 12.0. The number of nitrogens with one attached hydrogen (secondary N) is 1. The van der Waals surface area contributed by atoms with Gasteiger partial charge in [-0.15, -0.1) is 0 Å². The predicted octanol–water partition coefficient (Wildman–Crippen LogP) is 1.24. The summed E-state index contributed by atoms with van der Waals surface area (Å²) < 4.78 is 5.11. The van der Waals surface area contributed by atoms with Gasteiger partial charge >= 0.3 is 0 Å². The van der Waals surface area contributed by atoms with Gasteiger partial charge in [0.25, 0.3) is 0 Å². The molecule has 3 rings (SSSR count). The van der Waals surface area contributed by atoms with Crippen molar-refractivity contribution in [3.05, 3.63) is 35.9 Å². The number of methoxy groups -OCH3 is 1. The Balaban J connectivity index is 1.83. The van der Waals surface area contributed by atoms with Crippen LogP contribution in [-0.4, -0.2) is 50.7 Å². The van der Waals surface area contributed by atoms with Crippen molar-refractivity contribution in [1.29, 1.82) is 0 Å². The Hall–Kier alpha value is -1.39. The summed E-state index contributed by atoms with van der Waals surface area (Å²) >= 11 is 0. The SMILES string of the molecule is COCCN1CC[C@]2(CNC[C@H]2c2ccccc2)C1=O. The quantitative estimate of drug-likeness (QED) is 0.898. The number of carbonyl (C=O) groups excluding carboxylic acids is 1. The highest BCUT2D eigenvalue weighted by Crippen LogP contribution is 2.46. The summed E-state index contributed by atoms with van der Waals surface area (Å²) in [6, 6.07) is 10.4. The summed E-state index contributed by atoms with van der Waals surface area (Å²) in [6.07, 6.45) is 0.947. The molecule has 2 heterocycles. The summed E-state index contributed by atoms with van der Waals surface area (Å²) in [5.74, 6) is 0.595. The molecule has 1 amide bonds. The van der Waals surface area contributed by atoms with Crippen molar-refractivity contribution in [3.63, 3.8) is 0 Å². The van der Waals surface area contributed by atoms with E-state index in [1.54, 1.807) is 7.11 Å². The normalized spacial score (nSPS) is 29.6. The molecule has 1 spiro atoms. The zero-order valence-corrected chi connectivity index (χ0v) is 12.0. The molecule has 2 aliphatic rings. The fourth-order valence-electron chi connectivity index (χ4n) is 3.64. The summed E-state index contributed by atoms with van der Waals surface area (Å²) in [7, 11) is 1.68. The number of rotatable bonds is 4. The molecule has 0 aromatic heterocycles. The average molecular weight is 274 g/mol. The molecule has 1 aromatic carbocycles. The number of benzene rings is 1. The van der Waals surface area contributed by atoms with E-state index in [0.29, 0.717) is 25.0 Å². The van der Waals surface area contributed by atoms with Crippen LogP contribution in [0.2, 0.25) is 0 Å². The third-order valence-corrected chi connectivity index (χ3v) is 4.76. The van der Waals surface area contributed by atoms with E-state index >= 15 is 0 Å². The highest BCUT2D eigenvalue weighted by atomic mass is 16.5. The van der Waals surface area contributed by atoms with E-state index in [2.05, 4.69) is 29.6 Å². The summed E-state index contributed by atoms with van der Waals surface area (Å²) in [6.45, 7) is 3.87. The van der Waals surface area contributed by atoms with Crippen LogP contribution in [0, 0.1) is 5.41 Å². The molecular formula is C16H22N2O2. The Kier molecular flexibility index (Phi) is 3.76. The Bertz CT molecular complexity index is 477. The van der Waals surface area contributed by atoms with Gasteiger partial charge in [-0.3, -0.25) is 4.79 Å². The molecule has 2 fully saturated rings. The Morgan fingerprint density at radius 3 is 2.95 bits per heavy atom. The molecule has 108 valence electrons. The fourth-order valence-corrected chi connectivity index (χ4v) is 3.64. The predicted molar refractivity (Wildman–Crippen MR) is 77.6 cm³/mol. The van der Waals surface area contributed by atoms with Crippen LogP contribution in [0.1, 0.15) is 17.9 Å². The van der Waals surface area contributed by atoms with Crippen LogP contribution in [0.5, 0.6) is 0 Å². The number of hydrogen-bond acceptors (Lipinski definition) is 3. The van der Waals surface area contributed by atoms with E-state index in [1.807, 2.05) is 11.0 Å². The number of ether oxygens (including phenoxy) is 1. The lowest BCUT2D eigenvalue weighted by Crippen LogP contribution is -2.40. The highest BCUT2D eigenvalue weighted by molar-refractivity contribution is 5.87. The Morgan fingerprint density at radius 2 is 2.20 bits per heavy atom. The lowest BCUT2D eigenvalue weighted by molar-refractivity contribution is -0.136. The first-order chi connectivity index (χ1) is 9.78. The lowest BCUT2D eigenvalue weighted by atomic mass is 9.73. The second-order valence-electron chi connectivity index (χ2n) is 5.79. The second-order valence-corrected chi connectivity index (χ2v) is 5.79. The molecule has 0 saturated carbocycles. The first kappa shape index (κ1) is 13.6. The van der Waals surface area contributed by atoms with Gasteiger partial charge in [-0.05, 0) is 12.0 Å². The maximum Gasteiger partial charge on any atom is 0.230 e. The minimum absolute atomic E-state index is 0.241. The number of amides is 1. The number of nitrogens with zero attached hydrogens (tertiary/aromatic N) is 1. The Morgan fingerprint density at radius 1 is 1.40 bits per heavy atom. The zero-order chi connectivity index (χ0) is 14.0. The molecule has 0 aliphatic carbocycles. The van der Waals surface area contributed by atoms with E-state index < -0.39 is 0 Å². The maximum absolute atomic E-state index is 12.8. The van der Waals surface area contributed by atoms with Crippen LogP contribution in [0.15, 0.2) is 30.3 Å². The smallest absolute Gasteiger partial charge is 0.230 e. The third-order valence-electron chi connectivity index (χ3n) is 4.76. The van der Waals surface area contributed by atoms with Crippen LogP contribution in [-0.2, 0) is 9.53 Å². The van der Waals surface area contributed by atoms with E-state index in [1.165, 1.54) is 5.56 Å². The minimum atomic E-state index is -0.241. The number of likely N-dealkylation sites (tertiary alicyclic amines) is 1. The van der Waals surface area contributed by atoms with Gasteiger partial charge in [0.1, 0.15) is 0 Å². The van der Waals surface area contributed by atoms with Crippen molar-refractivity contribution in [2.24, 2.45) is 5.41 Å². The maximum atomic E-state index is 12.8. The van der Waals surface area contributed by atoms with Crippen molar-refractivity contribution in [3.8, 4) is 0 Å². The van der Waals surface area contributed by atoms with Gasteiger partial charge in [-0.1, -0.05) is 30.3 Å². The molecule has 2 atom stereocenters. The highest BCUT2D eigenvalue weighted by Gasteiger charge is 2.54. The Labute approximate surface area is 120 Å². The van der Waals surface area contributed by atoms with E-state index in [-0.39, 0.29) is 5.41 Å². The molecule has 1 aromatic rings. The standard InChI is InChI=1S/C16H22N2O2/c1-20-10-9-18-8-7-16(15(18)19)12-17-11-14(16)13-5-3-2-4-6-13/h2-6,14,17H,7-12H2,1H3/t14-,16+/m0/s1. The van der Waals surface area contributed by atoms with Crippen LogP contribution in [0.25, 0.3) is 0 Å².